The molecule has 0 aromatic carbocycles. The van der Waals surface area contributed by atoms with Crippen LogP contribution in [0.1, 0.15) is 17.7 Å². The van der Waals surface area contributed by atoms with Crippen LogP contribution in [0.4, 0.5) is 14.5 Å². The molecule has 0 aliphatic heterocycles. The summed E-state index contributed by atoms with van der Waals surface area (Å²) in [6.45, 7) is 0. The van der Waals surface area contributed by atoms with Gasteiger partial charge < -0.3 is 5.73 Å². The van der Waals surface area contributed by atoms with Gasteiger partial charge in [0.05, 0.1) is 5.69 Å². The van der Waals surface area contributed by atoms with Crippen molar-refractivity contribution < 1.29 is 8.78 Å². The zero-order valence-electron chi connectivity index (χ0n) is 6.40. The maximum atomic E-state index is 12.3. The standard InChI is InChI=1S/C7H6ClF2IN2/c8-2-3-1-4(11)13-6(5(3)12)7(9)10/h1,7H,2,12H2. The molecule has 0 aliphatic rings. The average molecular weight is 318 g/mol. The van der Waals surface area contributed by atoms with E-state index in [-0.39, 0.29) is 17.3 Å². The summed E-state index contributed by atoms with van der Waals surface area (Å²) in [5.74, 6) is 0.115. The van der Waals surface area contributed by atoms with Crippen molar-refractivity contribution in [2.45, 2.75) is 12.3 Å². The smallest absolute Gasteiger partial charge is 0.282 e. The first-order valence-electron chi connectivity index (χ1n) is 3.35. The van der Waals surface area contributed by atoms with Crippen LogP contribution in [0.5, 0.6) is 0 Å². The minimum atomic E-state index is -2.66. The lowest BCUT2D eigenvalue weighted by atomic mass is 10.2. The fourth-order valence-corrected chi connectivity index (χ4v) is 1.73. The molecular formula is C7H6ClF2IN2. The minimum Gasteiger partial charge on any atom is -0.397 e. The molecule has 0 fully saturated rings. The van der Waals surface area contributed by atoms with Crippen LogP contribution in [0.15, 0.2) is 6.07 Å². The van der Waals surface area contributed by atoms with E-state index in [4.69, 9.17) is 17.3 Å². The zero-order valence-corrected chi connectivity index (χ0v) is 9.31. The van der Waals surface area contributed by atoms with Crippen molar-refractivity contribution in [1.29, 1.82) is 0 Å². The maximum absolute atomic E-state index is 12.3. The third-order valence-electron chi connectivity index (χ3n) is 1.49. The Balaban J connectivity index is 3.27. The Morgan fingerprint density at radius 3 is 2.69 bits per heavy atom. The first kappa shape index (κ1) is 10.9. The van der Waals surface area contributed by atoms with E-state index in [1.54, 1.807) is 6.07 Å². The van der Waals surface area contributed by atoms with Crippen LogP contribution in [0, 0.1) is 3.70 Å². The van der Waals surface area contributed by atoms with Gasteiger partial charge in [0.15, 0.2) is 0 Å². The number of hydrogen-bond acceptors (Lipinski definition) is 2. The number of aromatic nitrogens is 1. The van der Waals surface area contributed by atoms with E-state index >= 15 is 0 Å². The predicted octanol–water partition coefficient (Wildman–Crippen LogP) is 2.94. The Morgan fingerprint density at radius 2 is 2.23 bits per heavy atom. The van der Waals surface area contributed by atoms with E-state index < -0.39 is 6.43 Å². The maximum Gasteiger partial charge on any atom is 0.282 e. The second-order valence-electron chi connectivity index (χ2n) is 2.34. The summed E-state index contributed by atoms with van der Waals surface area (Å²) in [5.41, 5.74) is 5.53. The lowest BCUT2D eigenvalue weighted by Gasteiger charge is -2.08. The van der Waals surface area contributed by atoms with Crippen LogP contribution >= 0.6 is 34.2 Å². The Hall–Kier alpha value is -0.170. The molecule has 2 N–H and O–H groups in total. The van der Waals surface area contributed by atoms with Gasteiger partial charge in [-0.15, -0.1) is 11.6 Å². The highest BCUT2D eigenvalue weighted by atomic mass is 127. The second-order valence-corrected chi connectivity index (χ2v) is 3.71. The molecule has 1 rings (SSSR count). The van der Waals surface area contributed by atoms with Gasteiger partial charge in [-0.1, -0.05) is 0 Å². The molecule has 13 heavy (non-hydrogen) atoms. The summed E-state index contributed by atoms with van der Waals surface area (Å²) >= 11 is 7.37. The fourth-order valence-electron chi connectivity index (χ4n) is 0.870. The predicted molar refractivity (Wildman–Crippen MR) is 55.9 cm³/mol. The highest BCUT2D eigenvalue weighted by Crippen LogP contribution is 2.27. The molecule has 0 unspecified atom stereocenters. The molecule has 0 aliphatic carbocycles. The van der Waals surface area contributed by atoms with E-state index in [0.29, 0.717) is 9.26 Å². The van der Waals surface area contributed by atoms with E-state index in [2.05, 4.69) is 4.98 Å². The van der Waals surface area contributed by atoms with Crippen molar-refractivity contribution in [1.82, 2.24) is 4.98 Å². The Morgan fingerprint density at radius 1 is 1.62 bits per heavy atom. The lowest BCUT2D eigenvalue weighted by Crippen LogP contribution is -2.03. The molecule has 0 bridgehead atoms. The van der Waals surface area contributed by atoms with Gasteiger partial charge in [-0.05, 0) is 34.2 Å². The molecule has 0 spiro atoms. The molecule has 0 radical (unpaired) electrons. The molecular weight excluding hydrogens is 312 g/mol. The third kappa shape index (κ3) is 2.40. The molecule has 0 saturated carbocycles. The summed E-state index contributed by atoms with van der Waals surface area (Å²) in [5, 5.41) is 0. The molecule has 2 nitrogen and oxygen atoms in total. The van der Waals surface area contributed by atoms with Gasteiger partial charge in [-0.25, -0.2) is 13.8 Å². The first-order chi connectivity index (χ1) is 6.06. The molecule has 1 aromatic rings. The monoisotopic (exact) mass is 318 g/mol. The number of alkyl halides is 3. The Labute approximate surface area is 92.6 Å². The fraction of sp³-hybridized carbons (Fsp3) is 0.286. The van der Waals surface area contributed by atoms with Gasteiger partial charge in [-0.2, -0.15) is 0 Å². The SMILES string of the molecule is Nc1c(CCl)cc(I)nc1C(F)F. The van der Waals surface area contributed by atoms with Crippen LogP contribution in [0.2, 0.25) is 0 Å². The molecule has 1 aromatic heterocycles. The van der Waals surface area contributed by atoms with Crippen molar-refractivity contribution in [2.24, 2.45) is 0 Å². The molecule has 0 amide bonds. The van der Waals surface area contributed by atoms with E-state index in [1.165, 1.54) is 0 Å². The Kier molecular flexibility index (Phi) is 3.66. The largest absolute Gasteiger partial charge is 0.397 e. The molecule has 72 valence electrons. The number of anilines is 1. The van der Waals surface area contributed by atoms with E-state index in [1.807, 2.05) is 22.6 Å². The number of pyridine rings is 1. The summed E-state index contributed by atoms with van der Waals surface area (Å²) in [4.78, 5) is 3.63. The minimum absolute atomic E-state index is 0.00887. The van der Waals surface area contributed by atoms with Gasteiger partial charge >= 0.3 is 0 Å². The first-order valence-corrected chi connectivity index (χ1v) is 4.96. The average Bonchev–Trinajstić information content (AvgIpc) is 2.08. The highest BCUT2D eigenvalue weighted by Gasteiger charge is 2.16. The van der Waals surface area contributed by atoms with Gasteiger partial charge in [0.25, 0.3) is 6.43 Å². The number of nitrogen functional groups attached to an aromatic ring is 1. The molecule has 0 atom stereocenters. The van der Waals surface area contributed by atoms with Crippen LogP contribution in [0.3, 0.4) is 0 Å². The Bertz CT molecular complexity index is 320. The zero-order chi connectivity index (χ0) is 10.0. The topological polar surface area (TPSA) is 38.9 Å². The summed E-state index contributed by atoms with van der Waals surface area (Å²) < 4.78 is 25.1. The number of nitrogens with zero attached hydrogens (tertiary/aromatic N) is 1. The van der Waals surface area contributed by atoms with Crippen molar-refractivity contribution in [2.75, 3.05) is 5.73 Å². The van der Waals surface area contributed by atoms with E-state index in [0.717, 1.165) is 0 Å². The van der Waals surface area contributed by atoms with Gasteiger partial charge in [-0.3, -0.25) is 0 Å². The van der Waals surface area contributed by atoms with Crippen molar-refractivity contribution in [3.8, 4) is 0 Å². The van der Waals surface area contributed by atoms with Crippen molar-refractivity contribution in [3.05, 3.63) is 21.0 Å². The van der Waals surface area contributed by atoms with Crippen LogP contribution in [-0.4, -0.2) is 4.98 Å². The summed E-state index contributed by atoms with van der Waals surface area (Å²) in [7, 11) is 0. The normalized spacial score (nSPS) is 10.8. The van der Waals surface area contributed by atoms with Crippen LogP contribution < -0.4 is 5.73 Å². The molecule has 0 saturated heterocycles. The molecule has 6 heteroatoms. The van der Waals surface area contributed by atoms with Crippen molar-refractivity contribution in [3.63, 3.8) is 0 Å². The quantitative estimate of drug-likeness (QED) is 0.517. The highest BCUT2D eigenvalue weighted by molar-refractivity contribution is 14.1. The van der Waals surface area contributed by atoms with Gasteiger partial charge in [0.2, 0.25) is 0 Å². The summed E-state index contributed by atoms with van der Waals surface area (Å²) in [6.07, 6.45) is -2.66. The number of rotatable bonds is 2. The van der Waals surface area contributed by atoms with Crippen LogP contribution in [-0.2, 0) is 5.88 Å². The van der Waals surface area contributed by atoms with E-state index in [9.17, 15) is 8.78 Å². The third-order valence-corrected chi connectivity index (χ3v) is 2.33. The second kappa shape index (κ2) is 4.36. The lowest BCUT2D eigenvalue weighted by molar-refractivity contribution is 0.146. The van der Waals surface area contributed by atoms with Gasteiger partial charge in [0.1, 0.15) is 9.39 Å². The number of hydrogen-bond donors (Lipinski definition) is 1. The number of nitrogens with two attached hydrogens (primary N) is 1. The van der Waals surface area contributed by atoms with Crippen LogP contribution in [0.25, 0.3) is 0 Å². The summed E-state index contributed by atoms with van der Waals surface area (Å²) in [6, 6.07) is 1.59. The van der Waals surface area contributed by atoms with Gasteiger partial charge in [0, 0.05) is 5.88 Å². The number of halogens is 4. The molecule has 1 heterocycles. The van der Waals surface area contributed by atoms with Crippen molar-refractivity contribution >= 4 is 39.9 Å².